The van der Waals surface area contributed by atoms with Gasteiger partial charge in [0.1, 0.15) is 0 Å². The van der Waals surface area contributed by atoms with Crippen LogP contribution in [0, 0.1) is 17.9 Å². The van der Waals surface area contributed by atoms with E-state index in [2.05, 4.69) is 15.3 Å². The molecule has 0 unspecified atom stereocenters. The highest BCUT2D eigenvalue weighted by Crippen LogP contribution is 2.46. The molecule has 146 valence electrons. The standard InChI is InChI=1S/C27H12N4O/c1-29-24-18(14-28)22-15-8-2-6-12-20(15)31-25(22)26-23(24)16-9-3-5-11-19(16)30(26)21-13-7-4-10-17(21)27(31)32/h2-13H. The minimum Gasteiger partial charge on any atom is -0.308 e. The normalized spacial score (nSPS) is 11.8. The Bertz CT molecular complexity index is 2080. The zero-order valence-corrected chi connectivity index (χ0v) is 16.6. The Morgan fingerprint density at radius 3 is 1.84 bits per heavy atom. The molecule has 0 aliphatic heterocycles. The van der Waals surface area contributed by atoms with Gasteiger partial charge in [0.25, 0.3) is 5.56 Å². The molecule has 3 heterocycles. The molecule has 0 atom stereocenters. The molecule has 0 aliphatic carbocycles. The molecule has 0 amide bonds. The lowest BCUT2D eigenvalue weighted by Gasteiger charge is -2.04. The third kappa shape index (κ3) is 1.72. The second-order valence-electron chi connectivity index (χ2n) is 7.92. The minimum atomic E-state index is -0.139. The lowest BCUT2D eigenvalue weighted by Crippen LogP contribution is -2.09. The smallest absolute Gasteiger partial charge is 0.265 e. The van der Waals surface area contributed by atoms with Crippen molar-refractivity contribution in [2.75, 3.05) is 0 Å². The maximum Gasteiger partial charge on any atom is 0.265 e. The van der Waals surface area contributed by atoms with E-state index in [1.807, 2.05) is 72.8 Å². The number of hydrogen-bond donors (Lipinski definition) is 0. The number of fused-ring (bicyclic) bond motifs is 8. The van der Waals surface area contributed by atoms with Gasteiger partial charge in [0.15, 0.2) is 0 Å². The molecule has 32 heavy (non-hydrogen) atoms. The van der Waals surface area contributed by atoms with Crippen molar-refractivity contribution < 1.29 is 0 Å². The second kappa shape index (κ2) is 5.63. The fourth-order valence-corrected chi connectivity index (χ4v) is 5.32. The zero-order valence-electron chi connectivity index (χ0n) is 16.6. The van der Waals surface area contributed by atoms with Crippen LogP contribution < -0.4 is 5.56 Å². The van der Waals surface area contributed by atoms with Crippen LogP contribution in [-0.2, 0) is 0 Å². The van der Waals surface area contributed by atoms with E-state index in [4.69, 9.17) is 6.57 Å². The molecule has 3 aromatic heterocycles. The fraction of sp³-hybridized carbons (Fsp3) is 0. The molecular formula is C27H12N4O. The Morgan fingerprint density at radius 1 is 0.719 bits per heavy atom. The fourth-order valence-electron chi connectivity index (χ4n) is 5.32. The Morgan fingerprint density at radius 2 is 1.22 bits per heavy atom. The van der Waals surface area contributed by atoms with Crippen molar-refractivity contribution in [2.45, 2.75) is 0 Å². The predicted molar refractivity (Wildman–Crippen MR) is 127 cm³/mol. The third-order valence-corrected chi connectivity index (χ3v) is 6.50. The van der Waals surface area contributed by atoms with Crippen molar-refractivity contribution in [1.29, 1.82) is 5.26 Å². The van der Waals surface area contributed by atoms with Gasteiger partial charge in [-0.05, 0) is 29.7 Å². The third-order valence-electron chi connectivity index (χ3n) is 6.50. The summed E-state index contributed by atoms with van der Waals surface area (Å²) in [6.45, 7) is 7.99. The molecule has 5 nitrogen and oxygen atoms in total. The monoisotopic (exact) mass is 408 g/mol. The van der Waals surface area contributed by atoms with Gasteiger partial charge < -0.3 is 4.40 Å². The molecule has 0 N–H and O–H groups in total. The largest absolute Gasteiger partial charge is 0.308 e. The van der Waals surface area contributed by atoms with Crippen LogP contribution in [0.4, 0.5) is 5.69 Å². The van der Waals surface area contributed by atoms with Gasteiger partial charge >= 0.3 is 0 Å². The number of para-hydroxylation sites is 3. The van der Waals surface area contributed by atoms with E-state index in [9.17, 15) is 10.1 Å². The first-order valence-corrected chi connectivity index (χ1v) is 10.2. The molecule has 0 bridgehead atoms. The van der Waals surface area contributed by atoms with E-state index in [-0.39, 0.29) is 5.56 Å². The number of nitriles is 1. The first kappa shape index (κ1) is 16.9. The Kier molecular flexibility index (Phi) is 2.97. The maximum atomic E-state index is 13.9. The first-order chi connectivity index (χ1) is 15.8. The number of benzene rings is 4. The summed E-state index contributed by atoms with van der Waals surface area (Å²) in [6, 6.07) is 25.3. The van der Waals surface area contributed by atoms with E-state index in [1.165, 1.54) is 0 Å². The van der Waals surface area contributed by atoms with Crippen LogP contribution in [0.2, 0.25) is 0 Å². The lowest BCUT2D eigenvalue weighted by molar-refractivity contribution is 1.21. The summed E-state index contributed by atoms with van der Waals surface area (Å²) in [5.74, 6) is 0. The van der Waals surface area contributed by atoms with Crippen molar-refractivity contribution >= 4 is 60.2 Å². The van der Waals surface area contributed by atoms with Crippen LogP contribution >= 0.6 is 0 Å². The van der Waals surface area contributed by atoms with Gasteiger partial charge in [0, 0.05) is 16.2 Å². The maximum absolute atomic E-state index is 13.9. The molecule has 0 aliphatic rings. The van der Waals surface area contributed by atoms with Crippen molar-refractivity contribution in [2.24, 2.45) is 0 Å². The Labute approximate surface area is 180 Å². The molecule has 4 aromatic carbocycles. The molecule has 0 fully saturated rings. The summed E-state index contributed by atoms with van der Waals surface area (Å²) in [5.41, 5.74) is 4.41. The molecular weight excluding hydrogens is 396 g/mol. The van der Waals surface area contributed by atoms with E-state index in [1.54, 1.807) is 4.40 Å². The van der Waals surface area contributed by atoms with Crippen molar-refractivity contribution in [3.63, 3.8) is 0 Å². The number of aromatic nitrogens is 2. The SMILES string of the molecule is [C-]#[N+]c1c(C#N)c2c3ccccc3n3c(=O)c4ccccc4n4c5ccccc5c1c4c23. The van der Waals surface area contributed by atoms with Gasteiger partial charge in [-0.1, -0.05) is 48.5 Å². The van der Waals surface area contributed by atoms with Crippen molar-refractivity contribution in [3.8, 4) is 6.07 Å². The van der Waals surface area contributed by atoms with Crippen LogP contribution in [0.3, 0.4) is 0 Å². The Balaban J connectivity index is 2.11. The van der Waals surface area contributed by atoms with E-state index < -0.39 is 0 Å². The van der Waals surface area contributed by atoms with Crippen molar-refractivity contribution in [1.82, 2.24) is 8.80 Å². The van der Waals surface area contributed by atoms with E-state index in [0.717, 1.165) is 32.8 Å². The average molecular weight is 408 g/mol. The van der Waals surface area contributed by atoms with Gasteiger partial charge in [-0.25, -0.2) is 4.85 Å². The highest BCUT2D eigenvalue weighted by atomic mass is 16.1. The van der Waals surface area contributed by atoms with Gasteiger partial charge in [0.2, 0.25) is 5.69 Å². The topological polar surface area (TPSA) is 54.0 Å². The van der Waals surface area contributed by atoms with E-state index in [0.29, 0.717) is 32.9 Å². The van der Waals surface area contributed by atoms with Crippen LogP contribution in [0.15, 0.2) is 77.6 Å². The quantitative estimate of drug-likeness (QED) is 0.288. The summed E-state index contributed by atoms with van der Waals surface area (Å²) in [5, 5.41) is 13.8. The first-order valence-electron chi connectivity index (χ1n) is 10.2. The molecule has 0 spiro atoms. The van der Waals surface area contributed by atoms with Crippen molar-refractivity contribution in [3.05, 3.63) is 100 Å². The minimum absolute atomic E-state index is 0.139. The number of nitrogens with zero attached hydrogens (tertiary/aromatic N) is 4. The van der Waals surface area contributed by atoms with Gasteiger partial charge in [0.05, 0.1) is 51.2 Å². The second-order valence-corrected chi connectivity index (χ2v) is 7.92. The van der Waals surface area contributed by atoms with Crippen LogP contribution in [0.5, 0.6) is 0 Å². The molecule has 7 aromatic rings. The predicted octanol–water partition coefficient (Wildman–Crippen LogP) is 6.03. The summed E-state index contributed by atoms with van der Waals surface area (Å²) < 4.78 is 3.81. The summed E-state index contributed by atoms with van der Waals surface area (Å²) in [4.78, 5) is 17.8. The highest BCUT2D eigenvalue weighted by Gasteiger charge is 2.26. The summed E-state index contributed by atoms with van der Waals surface area (Å²) >= 11 is 0. The number of hydrogen-bond acceptors (Lipinski definition) is 2. The summed E-state index contributed by atoms with van der Waals surface area (Å²) in [7, 11) is 0. The average Bonchev–Trinajstić information content (AvgIpc) is 3.33. The summed E-state index contributed by atoms with van der Waals surface area (Å²) in [6.07, 6.45) is 0. The lowest BCUT2D eigenvalue weighted by atomic mass is 10.0. The van der Waals surface area contributed by atoms with Gasteiger partial charge in [-0.3, -0.25) is 9.20 Å². The van der Waals surface area contributed by atoms with Gasteiger partial charge in [-0.2, -0.15) is 5.26 Å². The van der Waals surface area contributed by atoms with E-state index >= 15 is 0 Å². The molecule has 0 radical (unpaired) electrons. The molecule has 7 rings (SSSR count). The number of rotatable bonds is 0. The molecule has 5 heteroatoms. The van der Waals surface area contributed by atoms with Crippen LogP contribution in [0.1, 0.15) is 5.56 Å². The van der Waals surface area contributed by atoms with Gasteiger partial charge in [-0.15, -0.1) is 0 Å². The van der Waals surface area contributed by atoms with Crippen LogP contribution in [0.25, 0.3) is 59.4 Å². The highest BCUT2D eigenvalue weighted by molar-refractivity contribution is 6.30. The zero-order chi connectivity index (χ0) is 21.6. The molecule has 0 saturated carbocycles. The Hall–Kier alpha value is -4.87. The molecule has 0 saturated heterocycles. The van der Waals surface area contributed by atoms with Crippen LogP contribution in [-0.4, -0.2) is 8.80 Å².